The molecule has 144 valence electrons. The van der Waals surface area contributed by atoms with Crippen LogP contribution in [0.3, 0.4) is 0 Å². The van der Waals surface area contributed by atoms with E-state index in [2.05, 4.69) is 11.6 Å². The molecule has 0 radical (unpaired) electrons. The van der Waals surface area contributed by atoms with E-state index in [0.717, 1.165) is 30.8 Å². The summed E-state index contributed by atoms with van der Waals surface area (Å²) in [5.41, 5.74) is 0.640. The number of carbonyl (C=O) groups is 2. The lowest BCUT2D eigenvalue weighted by molar-refractivity contribution is -0.136. The molecule has 0 atom stereocenters. The number of ether oxygens (including phenoxy) is 2. The molecule has 0 spiro atoms. The first-order valence-electron chi connectivity index (χ1n) is 8.94. The monoisotopic (exact) mass is 380 g/mol. The molecular weight excluding hydrogens is 352 g/mol. The number of likely N-dealkylation sites (tertiary alicyclic amines) is 1. The maximum atomic E-state index is 12.1. The summed E-state index contributed by atoms with van der Waals surface area (Å²) in [5, 5.41) is 2.92. The Morgan fingerprint density at radius 1 is 1.23 bits per heavy atom. The molecule has 1 saturated heterocycles. The molecule has 0 unspecified atom stereocenters. The number of amides is 2. The van der Waals surface area contributed by atoms with Gasteiger partial charge in [-0.05, 0) is 42.7 Å². The van der Waals surface area contributed by atoms with E-state index in [-0.39, 0.29) is 24.5 Å². The summed E-state index contributed by atoms with van der Waals surface area (Å²) < 4.78 is 10.9. The average Bonchev–Trinajstić information content (AvgIpc) is 2.66. The Balaban J connectivity index is 1.75. The van der Waals surface area contributed by atoms with Gasteiger partial charge in [0.05, 0.1) is 0 Å². The van der Waals surface area contributed by atoms with Crippen LogP contribution in [0, 0.1) is 0 Å². The minimum absolute atomic E-state index is 0.0267. The van der Waals surface area contributed by atoms with E-state index in [0.29, 0.717) is 25.2 Å². The molecule has 6 nitrogen and oxygen atoms in total. The van der Waals surface area contributed by atoms with Gasteiger partial charge >= 0.3 is 0 Å². The Morgan fingerprint density at radius 2 is 1.92 bits per heavy atom. The highest BCUT2D eigenvalue weighted by molar-refractivity contribution is 7.98. The Bertz CT molecular complexity index is 571. The van der Waals surface area contributed by atoms with Crippen molar-refractivity contribution in [2.24, 2.45) is 0 Å². The van der Waals surface area contributed by atoms with Crippen LogP contribution in [0.1, 0.15) is 29.6 Å². The lowest BCUT2D eigenvalue weighted by Gasteiger charge is -2.32. The molecule has 1 N–H and O–H groups in total. The molecule has 1 aromatic rings. The summed E-state index contributed by atoms with van der Waals surface area (Å²) in [5.74, 6) is 1.77. The van der Waals surface area contributed by atoms with Gasteiger partial charge in [0.1, 0.15) is 18.5 Å². The van der Waals surface area contributed by atoms with Crippen LogP contribution in [0.2, 0.25) is 0 Å². The number of rotatable bonds is 9. The second-order valence-electron chi connectivity index (χ2n) is 6.26. The first kappa shape index (κ1) is 20.6. The number of hydrogen-bond donors (Lipinski definition) is 1. The van der Waals surface area contributed by atoms with Crippen molar-refractivity contribution in [3.05, 3.63) is 29.8 Å². The number of benzene rings is 1. The van der Waals surface area contributed by atoms with Gasteiger partial charge in [-0.3, -0.25) is 9.59 Å². The van der Waals surface area contributed by atoms with E-state index in [4.69, 9.17) is 9.47 Å². The second kappa shape index (κ2) is 11.1. The molecule has 26 heavy (non-hydrogen) atoms. The number of carbonyl (C=O) groups excluding carboxylic acids is 2. The molecule has 1 aromatic carbocycles. The highest BCUT2D eigenvalue weighted by Crippen LogP contribution is 2.20. The normalized spacial score (nSPS) is 14.9. The fraction of sp³-hybridized carbons (Fsp3) is 0.579. The summed E-state index contributed by atoms with van der Waals surface area (Å²) in [7, 11) is 1.53. The highest BCUT2D eigenvalue weighted by atomic mass is 32.2. The predicted octanol–water partition coefficient (Wildman–Crippen LogP) is 2.19. The number of methoxy groups -OCH3 is 1. The second-order valence-corrected chi connectivity index (χ2v) is 7.24. The van der Waals surface area contributed by atoms with Crippen molar-refractivity contribution in [1.82, 2.24) is 10.2 Å². The smallest absolute Gasteiger partial charge is 0.251 e. The lowest BCUT2D eigenvalue weighted by atomic mass is 10.1. The molecule has 2 rings (SSSR count). The van der Waals surface area contributed by atoms with Crippen LogP contribution in [0.5, 0.6) is 5.75 Å². The molecule has 0 aliphatic carbocycles. The Morgan fingerprint density at radius 3 is 2.54 bits per heavy atom. The van der Waals surface area contributed by atoms with Crippen molar-refractivity contribution < 1.29 is 19.1 Å². The Labute approximate surface area is 159 Å². The third-order valence-corrected chi connectivity index (χ3v) is 4.99. The number of hydrogen-bond acceptors (Lipinski definition) is 5. The molecule has 1 heterocycles. The molecule has 1 fully saturated rings. The van der Waals surface area contributed by atoms with E-state index in [9.17, 15) is 9.59 Å². The van der Waals surface area contributed by atoms with Crippen molar-refractivity contribution in [3.8, 4) is 5.75 Å². The van der Waals surface area contributed by atoms with Gasteiger partial charge in [-0.25, -0.2) is 0 Å². The van der Waals surface area contributed by atoms with Gasteiger partial charge in [0, 0.05) is 45.1 Å². The summed E-state index contributed by atoms with van der Waals surface area (Å²) >= 11 is 1.78. The van der Waals surface area contributed by atoms with E-state index >= 15 is 0 Å². The largest absolute Gasteiger partial charge is 0.490 e. The summed E-state index contributed by atoms with van der Waals surface area (Å²) in [6, 6.07) is 7.24. The first-order valence-corrected chi connectivity index (χ1v) is 10.3. The van der Waals surface area contributed by atoms with E-state index in [1.807, 2.05) is 17.0 Å². The number of nitrogens with zero attached hydrogens (tertiary/aromatic N) is 1. The number of thioether (sulfide) groups is 1. The molecule has 2 amide bonds. The maximum Gasteiger partial charge on any atom is 0.251 e. The van der Waals surface area contributed by atoms with Crippen LogP contribution in [-0.4, -0.2) is 68.2 Å². The van der Waals surface area contributed by atoms with Gasteiger partial charge in [0.2, 0.25) is 5.91 Å². The maximum absolute atomic E-state index is 12.1. The van der Waals surface area contributed by atoms with Crippen LogP contribution >= 0.6 is 11.8 Å². The van der Waals surface area contributed by atoms with Crippen molar-refractivity contribution in [2.75, 3.05) is 45.4 Å². The molecule has 1 aliphatic rings. The minimum atomic E-state index is -0.0531. The van der Waals surface area contributed by atoms with E-state index < -0.39 is 0 Å². The van der Waals surface area contributed by atoms with Gasteiger partial charge in [-0.2, -0.15) is 11.8 Å². The Kier molecular flexibility index (Phi) is 8.77. The van der Waals surface area contributed by atoms with Crippen LogP contribution in [0.4, 0.5) is 0 Å². The molecular formula is C19H28N2O4S. The highest BCUT2D eigenvalue weighted by Gasteiger charge is 2.23. The minimum Gasteiger partial charge on any atom is -0.490 e. The molecule has 7 heteroatoms. The zero-order valence-electron chi connectivity index (χ0n) is 15.5. The summed E-state index contributed by atoms with van der Waals surface area (Å²) in [6.07, 6.45) is 4.72. The van der Waals surface area contributed by atoms with E-state index in [1.54, 1.807) is 23.9 Å². The zero-order chi connectivity index (χ0) is 18.8. The van der Waals surface area contributed by atoms with Crippen molar-refractivity contribution in [2.45, 2.75) is 25.4 Å². The Hall–Kier alpha value is -1.73. The molecule has 0 aromatic heterocycles. The van der Waals surface area contributed by atoms with Crippen LogP contribution in [0.15, 0.2) is 24.3 Å². The van der Waals surface area contributed by atoms with E-state index in [1.165, 1.54) is 7.11 Å². The SMILES string of the molecule is COCC(=O)N1CCC(Oc2ccc(C(=O)NCCCSC)cc2)CC1. The van der Waals surface area contributed by atoms with Crippen LogP contribution in [0.25, 0.3) is 0 Å². The van der Waals surface area contributed by atoms with Gasteiger partial charge in [-0.1, -0.05) is 0 Å². The standard InChI is InChI=1S/C19H28N2O4S/c1-24-14-18(22)21-11-8-17(9-12-21)25-16-6-4-15(5-7-16)19(23)20-10-3-13-26-2/h4-7,17H,3,8-14H2,1-2H3,(H,20,23). The third-order valence-electron chi connectivity index (χ3n) is 4.29. The molecule has 0 saturated carbocycles. The zero-order valence-corrected chi connectivity index (χ0v) is 16.3. The molecule has 1 aliphatic heterocycles. The van der Waals surface area contributed by atoms with Gasteiger partial charge < -0.3 is 19.7 Å². The molecule has 0 bridgehead atoms. The third kappa shape index (κ3) is 6.53. The van der Waals surface area contributed by atoms with Crippen molar-refractivity contribution in [3.63, 3.8) is 0 Å². The summed E-state index contributed by atoms with van der Waals surface area (Å²) in [6.45, 7) is 2.19. The number of nitrogens with one attached hydrogen (secondary N) is 1. The summed E-state index contributed by atoms with van der Waals surface area (Å²) in [4.78, 5) is 25.7. The fourth-order valence-electron chi connectivity index (χ4n) is 2.84. The van der Waals surface area contributed by atoms with Crippen LogP contribution < -0.4 is 10.1 Å². The quantitative estimate of drug-likeness (QED) is 0.665. The van der Waals surface area contributed by atoms with Crippen molar-refractivity contribution in [1.29, 1.82) is 0 Å². The van der Waals surface area contributed by atoms with Crippen molar-refractivity contribution >= 4 is 23.6 Å². The van der Waals surface area contributed by atoms with Gasteiger partial charge in [0.15, 0.2) is 0 Å². The van der Waals surface area contributed by atoms with Crippen LogP contribution in [-0.2, 0) is 9.53 Å². The number of piperidine rings is 1. The predicted molar refractivity (Wildman–Crippen MR) is 104 cm³/mol. The van der Waals surface area contributed by atoms with Gasteiger partial charge in [0.25, 0.3) is 5.91 Å². The first-order chi connectivity index (χ1) is 12.6. The topological polar surface area (TPSA) is 67.9 Å². The lowest BCUT2D eigenvalue weighted by Crippen LogP contribution is -2.43. The van der Waals surface area contributed by atoms with Gasteiger partial charge in [-0.15, -0.1) is 0 Å². The fourth-order valence-corrected chi connectivity index (χ4v) is 3.27. The average molecular weight is 381 g/mol.